The summed E-state index contributed by atoms with van der Waals surface area (Å²) in [6.07, 6.45) is 3.59. The lowest BCUT2D eigenvalue weighted by molar-refractivity contribution is 0.0331. The highest BCUT2D eigenvalue weighted by molar-refractivity contribution is 7.19. The molecule has 0 radical (unpaired) electrons. The zero-order valence-electron chi connectivity index (χ0n) is 16.2. The average Bonchev–Trinajstić information content (AvgIpc) is 3.34. The van der Waals surface area contributed by atoms with Crippen molar-refractivity contribution in [1.29, 1.82) is 0 Å². The van der Waals surface area contributed by atoms with Crippen molar-refractivity contribution in [2.45, 2.75) is 39.3 Å². The van der Waals surface area contributed by atoms with E-state index in [1.54, 1.807) is 11.3 Å². The molecular weight excluding hydrogens is 388 g/mol. The van der Waals surface area contributed by atoms with E-state index in [1.807, 2.05) is 11.3 Å². The number of anilines is 1. The predicted molar refractivity (Wildman–Crippen MR) is 116 cm³/mol. The van der Waals surface area contributed by atoms with Crippen LogP contribution < -0.4 is 5.32 Å². The number of nitrogens with zero attached hydrogens (tertiary/aromatic N) is 3. The number of hydrogen-bond acceptors (Lipinski definition) is 7. The molecule has 1 saturated heterocycles. The van der Waals surface area contributed by atoms with E-state index in [0.717, 1.165) is 68.2 Å². The average molecular weight is 415 g/mol. The molecule has 2 aliphatic rings. The number of aryl methyl sites for hydroxylation is 1. The van der Waals surface area contributed by atoms with Gasteiger partial charge >= 0.3 is 0 Å². The Morgan fingerprint density at radius 1 is 1.29 bits per heavy atom. The number of morpholine rings is 1. The Hall–Kier alpha value is -1.54. The van der Waals surface area contributed by atoms with Gasteiger partial charge in [0.15, 0.2) is 0 Å². The Balaban J connectivity index is 1.50. The normalized spacial score (nSPS) is 20.4. The van der Waals surface area contributed by atoms with Gasteiger partial charge in [0, 0.05) is 22.8 Å². The molecule has 1 aliphatic carbocycles. The van der Waals surface area contributed by atoms with E-state index in [9.17, 15) is 0 Å². The lowest BCUT2D eigenvalue weighted by Gasteiger charge is -2.26. The Kier molecular flexibility index (Phi) is 5.32. The highest BCUT2D eigenvalue weighted by Gasteiger charge is 2.24. The molecule has 5 nitrogen and oxygen atoms in total. The molecule has 1 N–H and O–H groups in total. The van der Waals surface area contributed by atoms with Gasteiger partial charge in [-0.1, -0.05) is 13.0 Å². The van der Waals surface area contributed by atoms with Crippen LogP contribution in [0.15, 0.2) is 17.5 Å². The van der Waals surface area contributed by atoms with E-state index < -0.39 is 0 Å². The Morgan fingerprint density at radius 3 is 3.00 bits per heavy atom. The molecule has 0 amide bonds. The van der Waals surface area contributed by atoms with E-state index in [0.29, 0.717) is 0 Å². The summed E-state index contributed by atoms with van der Waals surface area (Å²) in [4.78, 5) is 16.4. The predicted octanol–water partition coefficient (Wildman–Crippen LogP) is 4.32. The van der Waals surface area contributed by atoms with Gasteiger partial charge in [0.1, 0.15) is 16.5 Å². The first-order valence-electron chi connectivity index (χ1n) is 10.1. The second kappa shape index (κ2) is 8.06. The molecule has 7 heteroatoms. The molecule has 0 aromatic carbocycles. The number of nitrogens with one attached hydrogen (secondary N) is 1. The highest BCUT2D eigenvalue weighted by atomic mass is 32.1. The van der Waals surface area contributed by atoms with Gasteiger partial charge in [-0.3, -0.25) is 4.90 Å². The van der Waals surface area contributed by atoms with Crippen molar-refractivity contribution in [3.63, 3.8) is 0 Å². The van der Waals surface area contributed by atoms with Crippen molar-refractivity contribution in [1.82, 2.24) is 14.9 Å². The van der Waals surface area contributed by atoms with Crippen LogP contribution in [0.3, 0.4) is 0 Å². The first kappa shape index (κ1) is 18.5. The molecule has 0 bridgehead atoms. The summed E-state index contributed by atoms with van der Waals surface area (Å²) in [5.41, 5.74) is 1.49. The molecule has 0 unspecified atom stereocenters. The highest BCUT2D eigenvalue weighted by Crippen LogP contribution is 2.40. The fraction of sp³-hybridized carbons (Fsp3) is 0.524. The van der Waals surface area contributed by atoms with Crippen LogP contribution in [0.5, 0.6) is 0 Å². The lowest BCUT2D eigenvalue weighted by Crippen LogP contribution is -2.36. The van der Waals surface area contributed by atoms with Crippen molar-refractivity contribution in [2.75, 3.05) is 31.6 Å². The SMILES string of the molecule is C[C@@H]1CCc2c(sc3nc(CN4CCOCC4)nc(NCc4cccs4)c23)C1. The summed E-state index contributed by atoms with van der Waals surface area (Å²) in [6.45, 7) is 7.50. The number of fused-ring (bicyclic) bond motifs is 3. The Morgan fingerprint density at radius 2 is 2.18 bits per heavy atom. The van der Waals surface area contributed by atoms with Crippen LogP contribution in [-0.4, -0.2) is 41.2 Å². The molecule has 5 rings (SSSR count). The first-order chi connectivity index (χ1) is 13.8. The maximum Gasteiger partial charge on any atom is 0.146 e. The molecule has 3 aromatic heterocycles. The van der Waals surface area contributed by atoms with Crippen molar-refractivity contribution >= 4 is 38.7 Å². The molecule has 1 fully saturated rings. The van der Waals surface area contributed by atoms with Gasteiger partial charge in [0.2, 0.25) is 0 Å². The summed E-state index contributed by atoms with van der Waals surface area (Å²) in [6, 6.07) is 4.28. The molecule has 4 heterocycles. The Labute approximate surface area is 173 Å². The summed E-state index contributed by atoms with van der Waals surface area (Å²) < 4.78 is 5.48. The molecule has 0 spiro atoms. The molecule has 0 saturated carbocycles. The van der Waals surface area contributed by atoms with E-state index in [-0.39, 0.29) is 0 Å². The topological polar surface area (TPSA) is 50.3 Å². The van der Waals surface area contributed by atoms with Gasteiger partial charge < -0.3 is 10.1 Å². The zero-order chi connectivity index (χ0) is 18.9. The summed E-state index contributed by atoms with van der Waals surface area (Å²) in [5, 5.41) is 7.04. The van der Waals surface area contributed by atoms with Crippen molar-refractivity contribution in [2.24, 2.45) is 5.92 Å². The van der Waals surface area contributed by atoms with Gasteiger partial charge in [-0.15, -0.1) is 22.7 Å². The lowest BCUT2D eigenvalue weighted by atomic mass is 9.89. The van der Waals surface area contributed by atoms with Crippen LogP contribution in [0.4, 0.5) is 5.82 Å². The third-order valence-corrected chi connectivity index (χ3v) is 7.70. The second-order valence-corrected chi connectivity index (χ2v) is 9.96. The molecule has 1 aliphatic heterocycles. The van der Waals surface area contributed by atoms with Gasteiger partial charge in [0.05, 0.1) is 31.7 Å². The smallest absolute Gasteiger partial charge is 0.146 e. The van der Waals surface area contributed by atoms with Gasteiger partial charge in [0.25, 0.3) is 0 Å². The van der Waals surface area contributed by atoms with Crippen LogP contribution in [0.2, 0.25) is 0 Å². The molecule has 148 valence electrons. The van der Waals surface area contributed by atoms with Gasteiger partial charge in [-0.2, -0.15) is 0 Å². The number of thiophene rings is 2. The van der Waals surface area contributed by atoms with E-state index in [1.165, 1.54) is 33.5 Å². The van der Waals surface area contributed by atoms with Crippen LogP contribution in [0.25, 0.3) is 10.2 Å². The van der Waals surface area contributed by atoms with E-state index in [4.69, 9.17) is 14.7 Å². The molecular formula is C21H26N4OS2. The maximum absolute atomic E-state index is 5.48. The standard InChI is InChI=1S/C21H26N4OS2/c1-14-4-5-16-17(11-14)28-21-19(16)20(22-12-15-3-2-10-27-15)23-18(24-21)13-25-6-8-26-9-7-25/h2-3,10,14H,4-9,11-13H2,1H3,(H,22,23,24)/t14-/m1/s1. The van der Waals surface area contributed by atoms with Gasteiger partial charge in [-0.25, -0.2) is 9.97 Å². The van der Waals surface area contributed by atoms with Crippen molar-refractivity contribution < 1.29 is 4.74 Å². The monoisotopic (exact) mass is 414 g/mol. The quantitative estimate of drug-likeness (QED) is 0.674. The third-order valence-electron chi connectivity index (χ3n) is 5.68. The maximum atomic E-state index is 5.48. The number of rotatable bonds is 5. The number of aromatic nitrogens is 2. The van der Waals surface area contributed by atoms with Crippen LogP contribution in [0.1, 0.15) is 34.5 Å². The minimum atomic E-state index is 0.767. The number of hydrogen-bond donors (Lipinski definition) is 1. The third kappa shape index (κ3) is 3.81. The van der Waals surface area contributed by atoms with Crippen LogP contribution >= 0.6 is 22.7 Å². The van der Waals surface area contributed by atoms with Crippen molar-refractivity contribution in [3.8, 4) is 0 Å². The van der Waals surface area contributed by atoms with Crippen LogP contribution in [-0.2, 0) is 30.7 Å². The molecule has 28 heavy (non-hydrogen) atoms. The largest absolute Gasteiger partial charge is 0.379 e. The van der Waals surface area contributed by atoms with E-state index in [2.05, 4.69) is 34.7 Å². The van der Waals surface area contributed by atoms with Crippen molar-refractivity contribution in [3.05, 3.63) is 38.7 Å². The van der Waals surface area contributed by atoms with Crippen LogP contribution in [0, 0.1) is 5.92 Å². The fourth-order valence-corrected chi connectivity index (χ4v) is 6.17. The minimum absolute atomic E-state index is 0.767. The number of ether oxygens (including phenoxy) is 1. The van der Waals surface area contributed by atoms with E-state index >= 15 is 0 Å². The Bertz CT molecular complexity index is 947. The summed E-state index contributed by atoms with van der Waals surface area (Å²) >= 11 is 3.67. The zero-order valence-corrected chi connectivity index (χ0v) is 17.9. The van der Waals surface area contributed by atoms with Gasteiger partial charge in [-0.05, 0) is 42.2 Å². The molecule has 3 aromatic rings. The summed E-state index contributed by atoms with van der Waals surface area (Å²) in [7, 11) is 0. The minimum Gasteiger partial charge on any atom is -0.379 e. The second-order valence-electron chi connectivity index (χ2n) is 7.84. The molecule has 1 atom stereocenters. The first-order valence-corrected chi connectivity index (χ1v) is 11.8. The summed E-state index contributed by atoms with van der Waals surface area (Å²) in [5.74, 6) is 2.72. The fourth-order valence-electron chi connectivity index (χ4n) is 4.13.